The first kappa shape index (κ1) is 13.9. The summed E-state index contributed by atoms with van der Waals surface area (Å²) >= 11 is 9.37. The van der Waals surface area contributed by atoms with Crippen LogP contribution in [-0.2, 0) is 6.42 Å². The Bertz CT molecular complexity index is 615. The zero-order valence-corrected chi connectivity index (χ0v) is 13.4. The van der Waals surface area contributed by atoms with Crippen LogP contribution in [0, 0.1) is 0 Å². The van der Waals surface area contributed by atoms with Gasteiger partial charge in [-0.25, -0.2) is 4.98 Å². The second-order valence-electron chi connectivity index (χ2n) is 5.14. The molecule has 4 heteroatoms. The van der Waals surface area contributed by atoms with Gasteiger partial charge >= 0.3 is 0 Å². The van der Waals surface area contributed by atoms with E-state index < -0.39 is 0 Å². The minimum Gasteiger partial charge on any atom is -0.377 e. The third-order valence-electron chi connectivity index (χ3n) is 3.76. The number of halogens is 2. The van der Waals surface area contributed by atoms with Crippen molar-refractivity contribution in [3.63, 3.8) is 0 Å². The number of hydrogen-bond acceptors (Lipinski definition) is 2. The topological polar surface area (TPSA) is 24.9 Å². The average molecular weight is 352 g/mol. The number of pyridine rings is 1. The first-order chi connectivity index (χ1) is 9.74. The number of rotatable bonds is 2. The minimum absolute atomic E-state index is 0.351. The van der Waals surface area contributed by atoms with Gasteiger partial charge in [-0.15, -0.1) is 0 Å². The molecule has 0 spiro atoms. The van der Waals surface area contributed by atoms with Gasteiger partial charge in [0.2, 0.25) is 0 Å². The van der Waals surface area contributed by atoms with Crippen LogP contribution in [0.15, 0.2) is 41.0 Å². The monoisotopic (exact) mass is 350 g/mol. The Kier molecular flexibility index (Phi) is 4.27. The molecule has 0 amide bonds. The second kappa shape index (κ2) is 6.15. The van der Waals surface area contributed by atoms with Gasteiger partial charge in [-0.1, -0.05) is 42.3 Å². The van der Waals surface area contributed by atoms with Crippen molar-refractivity contribution < 1.29 is 0 Å². The molecule has 0 bridgehead atoms. The highest BCUT2D eigenvalue weighted by molar-refractivity contribution is 9.10. The molecule has 1 heterocycles. The molecule has 20 heavy (non-hydrogen) atoms. The van der Waals surface area contributed by atoms with Crippen molar-refractivity contribution in [2.24, 2.45) is 0 Å². The average Bonchev–Trinajstić information content (AvgIpc) is 2.66. The zero-order valence-electron chi connectivity index (χ0n) is 11.1. The summed E-state index contributed by atoms with van der Waals surface area (Å²) in [6, 6.07) is 11.1. The summed E-state index contributed by atoms with van der Waals surface area (Å²) in [5.41, 5.74) is 3.88. The third-order valence-corrected chi connectivity index (χ3v) is 4.89. The number of nitrogens with zero attached hydrogens (tertiary/aromatic N) is 1. The summed E-state index contributed by atoms with van der Waals surface area (Å²) in [6.45, 7) is 0. The predicted molar refractivity (Wildman–Crippen MR) is 87.3 cm³/mol. The quantitative estimate of drug-likeness (QED) is 0.580. The smallest absolute Gasteiger partial charge is 0.143 e. The van der Waals surface area contributed by atoms with Crippen LogP contribution < -0.4 is 5.32 Å². The van der Waals surface area contributed by atoms with E-state index in [1.165, 1.54) is 30.4 Å². The highest BCUT2D eigenvalue weighted by Crippen LogP contribution is 2.32. The maximum Gasteiger partial charge on any atom is 0.143 e. The highest BCUT2D eigenvalue weighted by Gasteiger charge is 2.18. The van der Waals surface area contributed by atoms with E-state index >= 15 is 0 Å². The normalized spacial score (nSPS) is 18.2. The van der Waals surface area contributed by atoms with Gasteiger partial charge in [-0.05, 0) is 52.4 Å². The Balaban J connectivity index is 1.88. The fraction of sp³-hybridized carbons (Fsp3) is 0.312. The van der Waals surface area contributed by atoms with Gasteiger partial charge in [0.15, 0.2) is 0 Å². The van der Waals surface area contributed by atoms with Crippen LogP contribution in [0.25, 0.3) is 0 Å². The predicted octanol–water partition coefficient (Wildman–Crippen LogP) is 5.38. The van der Waals surface area contributed by atoms with E-state index in [4.69, 9.17) is 11.6 Å². The van der Waals surface area contributed by atoms with E-state index in [0.29, 0.717) is 11.2 Å². The summed E-state index contributed by atoms with van der Waals surface area (Å²) in [7, 11) is 0. The molecular weight excluding hydrogens is 336 g/mol. The Hall–Kier alpha value is -1.06. The summed E-state index contributed by atoms with van der Waals surface area (Å²) in [6.07, 6.45) is 6.63. The van der Waals surface area contributed by atoms with Crippen molar-refractivity contribution in [2.45, 2.75) is 31.7 Å². The number of fused-ring (bicyclic) bond motifs is 1. The lowest BCUT2D eigenvalue weighted by molar-refractivity contribution is 0.644. The van der Waals surface area contributed by atoms with Gasteiger partial charge in [0.1, 0.15) is 5.15 Å². The molecule has 1 aromatic carbocycles. The van der Waals surface area contributed by atoms with Crippen molar-refractivity contribution in [2.75, 3.05) is 5.32 Å². The van der Waals surface area contributed by atoms with E-state index in [-0.39, 0.29) is 0 Å². The van der Waals surface area contributed by atoms with Crippen molar-refractivity contribution in [1.29, 1.82) is 0 Å². The van der Waals surface area contributed by atoms with Crippen LogP contribution in [0.1, 0.15) is 36.4 Å². The number of anilines is 1. The Labute approximate surface area is 132 Å². The summed E-state index contributed by atoms with van der Waals surface area (Å²) in [5.74, 6) is 0. The number of aromatic nitrogens is 1. The van der Waals surface area contributed by atoms with Gasteiger partial charge in [0.25, 0.3) is 0 Å². The van der Waals surface area contributed by atoms with Crippen LogP contribution in [0.2, 0.25) is 5.15 Å². The van der Waals surface area contributed by atoms with Crippen molar-refractivity contribution in [1.82, 2.24) is 4.98 Å². The molecular formula is C16H16BrClN2. The first-order valence-corrected chi connectivity index (χ1v) is 8.06. The lowest BCUT2D eigenvalue weighted by atomic mass is 9.99. The molecule has 0 saturated carbocycles. The lowest BCUT2D eigenvalue weighted by Crippen LogP contribution is -2.11. The van der Waals surface area contributed by atoms with Crippen LogP contribution in [-0.4, -0.2) is 4.98 Å². The molecule has 104 valence electrons. The van der Waals surface area contributed by atoms with Crippen molar-refractivity contribution in [3.05, 3.63) is 57.3 Å². The second-order valence-corrected chi connectivity index (χ2v) is 6.35. The van der Waals surface area contributed by atoms with E-state index in [1.54, 1.807) is 6.20 Å². The molecule has 2 nitrogen and oxygen atoms in total. The SMILES string of the molecule is Clc1ncc(NC2CCCCc3ccccc32)cc1Br. The molecule has 2 aromatic rings. The van der Waals surface area contributed by atoms with Crippen molar-refractivity contribution in [3.8, 4) is 0 Å². The van der Waals surface area contributed by atoms with Crippen LogP contribution in [0.3, 0.4) is 0 Å². The van der Waals surface area contributed by atoms with Crippen LogP contribution in [0.4, 0.5) is 5.69 Å². The van der Waals surface area contributed by atoms with E-state index in [1.807, 2.05) is 6.07 Å². The molecule has 1 aliphatic rings. The van der Waals surface area contributed by atoms with Crippen LogP contribution >= 0.6 is 27.5 Å². The molecule has 0 fully saturated rings. The summed E-state index contributed by atoms with van der Waals surface area (Å²) in [5, 5.41) is 4.09. The molecule has 1 aromatic heterocycles. The van der Waals surface area contributed by atoms with Gasteiger partial charge in [0, 0.05) is 0 Å². The first-order valence-electron chi connectivity index (χ1n) is 6.89. The van der Waals surface area contributed by atoms with Gasteiger partial charge in [-0.3, -0.25) is 0 Å². The Morgan fingerprint density at radius 1 is 1.25 bits per heavy atom. The summed E-state index contributed by atoms with van der Waals surface area (Å²) < 4.78 is 0.825. The van der Waals surface area contributed by atoms with Gasteiger partial charge in [0.05, 0.1) is 22.4 Å². The zero-order chi connectivity index (χ0) is 13.9. The van der Waals surface area contributed by atoms with Gasteiger partial charge < -0.3 is 5.32 Å². The fourth-order valence-corrected chi connectivity index (χ4v) is 3.22. The molecule has 1 unspecified atom stereocenters. The maximum absolute atomic E-state index is 5.94. The number of benzene rings is 1. The maximum atomic E-state index is 5.94. The molecule has 0 radical (unpaired) electrons. The number of nitrogens with one attached hydrogen (secondary N) is 1. The van der Waals surface area contributed by atoms with Crippen molar-refractivity contribution >= 4 is 33.2 Å². The Morgan fingerprint density at radius 3 is 2.95 bits per heavy atom. The molecule has 1 N–H and O–H groups in total. The fourth-order valence-electron chi connectivity index (χ4n) is 2.77. The van der Waals surface area contributed by atoms with Crippen LogP contribution in [0.5, 0.6) is 0 Å². The van der Waals surface area contributed by atoms with E-state index in [0.717, 1.165) is 16.6 Å². The van der Waals surface area contributed by atoms with E-state index in [2.05, 4.69) is 50.5 Å². The molecule has 0 saturated heterocycles. The molecule has 3 rings (SSSR count). The molecule has 1 aliphatic carbocycles. The lowest BCUT2D eigenvalue weighted by Gasteiger charge is -2.20. The largest absolute Gasteiger partial charge is 0.377 e. The van der Waals surface area contributed by atoms with Gasteiger partial charge in [-0.2, -0.15) is 0 Å². The standard InChI is InChI=1S/C16H16BrClN2/c17-14-9-12(10-19-16(14)18)20-15-8-4-2-6-11-5-1-3-7-13(11)15/h1,3,5,7,9-10,15,20H,2,4,6,8H2. The molecule has 1 atom stereocenters. The summed E-state index contributed by atoms with van der Waals surface area (Å²) in [4.78, 5) is 4.18. The van der Waals surface area contributed by atoms with E-state index in [9.17, 15) is 0 Å². The third kappa shape index (κ3) is 2.99. The number of hydrogen-bond donors (Lipinski definition) is 1. The highest BCUT2D eigenvalue weighted by atomic mass is 79.9. The Morgan fingerprint density at radius 2 is 2.10 bits per heavy atom. The minimum atomic E-state index is 0.351. The molecule has 0 aliphatic heterocycles. The number of aryl methyl sites for hydroxylation is 1.